The summed E-state index contributed by atoms with van der Waals surface area (Å²) in [7, 11) is 0. The van der Waals surface area contributed by atoms with Crippen molar-refractivity contribution in [1.82, 2.24) is 0 Å². The highest BCUT2D eigenvalue weighted by Gasteiger charge is 2.15. The van der Waals surface area contributed by atoms with Crippen molar-refractivity contribution in [2.24, 2.45) is 0 Å². The zero-order chi connectivity index (χ0) is 13.8. The second-order valence-corrected chi connectivity index (χ2v) is 5.51. The standard InChI is InChI=1S/C15H16N2OS/c1-3-8-18-12-6-4-11(5-7-12)14-10(2)19-15(17)13(14)9-16/h4-7H,3,8,17H2,1-2H3. The van der Waals surface area contributed by atoms with E-state index in [2.05, 4.69) is 13.0 Å². The predicted molar refractivity (Wildman–Crippen MR) is 79.4 cm³/mol. The van der Waals surface area contributed by atoms with Gasteiger partial charge in [-0.15, -0.1) is 11.3 Å². The number of nitriles is 1. The Kier molecular flexibility index (Phi) is 4.08. The fraction of sp³-hybridized carbons (Fsp3) is 0.267. The number of nitrogens with two attached hydrogens (primary N) is 1. The van der Waals surface area contributed by atoms with Gasteiger partial charge in [-0.1, -0.05) is 19.1 Å². The summed E-state index contributed by atoms with van der Waals surface area (Å²) in [5, 5.41) is 9.78. The minimum atomic E-state index is 0.574. The summed E-state index contributed by atoms with van der Waals surface area (Å²) in [5.74, 6) is 0.852. The maximum Gasteiger partial charge on any atom is 0.119 e. The number of ether oxygens (including phenoxy) is 1. The van der Waals surface area contributed by atoms with Gasteiger partial charge in [0.25, 0.3) is 0 Å². The number of thiophene rings is 1. The van der Waals surface area contributed by atoms with E-state index < -0.39 is 0 Å². The Morgan fingerprint density at radius 1 is 1.32 bits per heavy atom. The lowest BCUT2D eigenvalue weighted by atomic mass is 10.0. The zero-order valence-corrected chi connectivity index (χ0v) is 11.9. The van der Waals surface area contributed by atoms with E-state index in [0.29, 0.717) is 17.2 Å². The highest BCUT2D eigenvalue weighted by Crippen LogP contribution is 2.37. The Morgan fingerprint density at radius 2 is 2.00 bits per heavy atom. The first-order valence-corrected chi connectivity index (χ1v) is 7.01. The topological polar surface area (TPSA) is 59.0 Å². The summed E-state index contributed by atoms with van der Waals surface area (Å²) >= 11 is 1.46. The smallest absolute Gasteiger partial charge is 0.119 e. The minimum Gasteiger partial charge on any atom is -0.494 e. The lowest BCUT2D eigenvalue weighted by Crippen LogP contribution is -1.94. The first-order chi connectivity index (χ1) is 9.17. The molecule has 0 amide bonds. The van der Waals surface area contributed by atoms with Crippen LogP contribution in [-0.4, -0.2) is 6.61 Å². The second-order valence-electron chi connectivity index (χ2n) is 4.26. The fourth-order valence-electron chi connectivity index (χ4n) is 1.96. The molecule has 0 spiro atoms. The summed E-state index contributed by atoms with van der Waals surface area (Å²) in [6, 6.07) is 9.99. The Bertz CT molecular complexity index is 608. The fourth-order valence-corrected chi connectivity index (χ4v) is 2.86. The number of rotatable bonds is 4. The summed E-state index contributed by atoms with van der Waals surface area (Å²) < 4.78 is 5.55. The Morgan fingerprint density at radius 3 is 2.58 bits per heavy atom. The molecule has 0 radical (unpaired) electrons. The maximum atomic E-state index is 9.20. The lowest BCUT2D eigenvalue weighted by molar-refractivity contribution is 0.317. The molecule has 0 atom stereocenters. The maximum absolute atomic E-state index is 9.20. The van der Waals surface area contributed by atoms with E-state index in [-0.39, 0.29) is 0 Å². The summed E-state index contributed by atoms with van der Waals surface area (Å²) in [4.78, 5) is 1.07. The van der Waals surface area contributed by atoms with Gasteiger partial charge in [0.2, 0.25) is 0 Å². The van der Waals surface area contributed by atoms with Crippen molar-refractivity contribution in [3.05, 3.63) is 34.7 Å². The highest BCUT2D eigenvalue weighted by atomic mass is 32.1. The lowest BCUT2D eigenvalue weighted by Gasteiger charge is -2.06. The molecule has 19 heavy (non-hydrogen) atoms. The van der Waals surface area contributed by atoms with Crippen molar-refractivity contribution in [3.8, 4) is 22.9 Å². The van der Waals surface area contributed by atoms with Crippen molar-refractivity contribution in [2.75, 3.05) is 12.3 Å². The first kappa shape index (κ1) is 13.4. The first-order valence-electron chi connectivity index (χ1n) is 6.19. The van der Waals surface area contributed by atoms with E-state index >= 15 is 0 Å². The molecule has 0 unspecified atom stereocenters. The van der Waals surface area contributed by atoms with Crippen LogP contribution in [0.15, 0.2) is 24.3 Å². The van der Waals surface area contributed by atoms with Crippen LogP contribution in [-0.2, 0) is 0 Å². The molecule has 0 bridgehead atoms. The van der Waals surface area contributed by atoms with Gasteiger partial charge in [0.05, 0.1) is 12.2 Å². The number of aryl methyl sites for hydroxylation is 1. The van der Waals surface area contributed by atoms with Crippen molar-refractivity contribution in [1.29, 1.82) is 5.26 Å². The van der Waals surface area contributed by atoms with Crippen LogP contribution in [0.2, 0.25) is 0 Å². The molecule has 1 aromatic carbocycles. The molecular formula is C15H16N2OS. The second kappa shape index (κ2) is 5.77. The molecule has 0 aliphatic rings. The summed E-state index contributed by atoms with van der Waals surface area (Å²) in [5.41, 5.74) is 8.37. The minimum absolute atomic E-state index is 0.574. The van der Waals surface area contributed by atoms with Gasteiger partial charge in [0.1, 0.15) is 16.8 Å². The van der Waals surface area contributed by atoms with E-state index in [4.69, 9.17) is 10.5 Å². The molecule has 4 heteroatoms. The average Bonchev–Trinajstić information content (AvgIpc) is 2.71. The molecule has 0 saturated heterocycles. The van der Waals surface area contributed by atoms with Crippen LogP contribution < -0.4 is 10.5 Å². The van der Waals surface area contributed by atoms with Crippen LogP contribution in [0.1, 0.15) is 23.8 Å². The van der Waals surface area contributed by atoms with Crippen LogP contribution >= 0.6 is 11.3 Å². The van der Waals surface area contributed by atoms with E-state index in [9.17, 15) is 5.26 Å². The van der Waals surface area contributed by atoms with Crippen LogP contribution in [0.4, 0.5) is 5.00 Å². The number of nitrogens with zero attached hydrogens (tertiary/aromatic N) is 1. The molecular weight excluding hydrogens is 256 g/mol. The molecule has 2 aromatic rings. The van der Waals surface area contributed by atoms with Crippen LogP contribution in [0.5, 0.6) is 5.75 Å². The predicted octanol–water partition coefficient (Wildman–Crippen LogP) is 3.97. The molecule has 0 aliphatic carbocycles. The van der Waals surface area contributed by atoms with Gasteiger partial charge in [-0.2, -0.15) is 5.26 Å². The Hall–Kier alpha value is -1.99. The van der Waals surface area contributed by atoms with Gasteiger partial charge in [-0.3, -0.25) is 0 Å². The van der Waals surface area contributed by atoms with Crippen LogP contribution in [0.3, 0.4) is 0 Å². The third kappa shape index (κ3) is 2.72. The van der Waals surface area contributed by atoms with Crippen molar-refractivity contribution >= 4 is 16.3 Å². The molecule has 0 saturated carbocycles. The van der Waals surface area contributed by atoms with E-state index in [1.807, 2.05) is 31.2 Å². The van der Waals surface area contributed by atoms with Gasteiger partial charge >= 0.3 is 0 Å². The SMILES string of the molecule is CCCOc1ccc(-c2c(C)sc(N)c2C#N)cc1. The van der Waals surface area contributed by atoms with Gasteiger partial charge in [0, 0.05) is 10.4 Å². The normalized spacial score (nSPS) is 10.2. The van der Waals surface area contributed by atoms with Crippen LogP contribution in [0, 0.1) is 18.3 Å². The molecule has 0 fully saturated rings. The number of nitrogen functional groups attached to an aromatic ring is 1. The van der Waals surface area contributed by atoms with E-state index in [0.717, 1.165) is 28.2 Å². The monoisotopic (exact) mass is 272 g/mol. The van der Waals surface area contributed by atoms with E-state index in [1.54, 1.807) is 0 Å². The van der Waals surface area contributed by atoms with Gasteiger partial charge < -0.3 is 10.5 Å². The molecule has 0 aliphatic heterocycles. The van der Waals surface area contributed by atoms with Crippen molar-refractivity contribution in [3.63, 3.8) is 0 Å². The molecule has 3 nitrogen and oxygen atoms in total. The Labute approximate surface area is 117 Å². The molecule has 1 heterocycles. The number of anilines is 1. The number of benzene rings is 1. The van der Waals surface area contributed by atoms with E-state index in [1.165, 1.54) is 11.3 Å². The summed E-state index contributed by atoms with van der Waals surface area (Å²) in [6.07, 6.45) is 0.987. The third-order valence-electron chi connectivity index (χ3n) is 2.84. The Balaban J connectivity index is 2.35. The molecule has 2 N–H and O–H groups in total. The number of hydrogen-bond donors (Lipinski definition) is 1. The van der Waals surface area contributed by atoms with Gasteiger partial charge in [-0.25, -0.2) is 0 Å². The zero-order valence-electron chi connectivity index (χ0n) is 11.1. The molecule has 2 rings (SSSR count). The van der Waals surface area contributed by atoms with Crippen molar-refractivity contribution < 1.29 is 4.74 Å². The molecule has 98 valence electrons. The van der Waals surface area contributed by atoms with Crippen molar-refractivity contribution in [2.45, 2.75) is 20.3 Å². The number of hydrogen-bond acceptors (Lipinski definition) is 4. The largest absolute Gasteiger partial charge is 0.494 e. The highest BCUT2D eigenvalue weighted by molar-refractivity contribution is 7.16. The van der Waals surface area contributed by atoms with Gasteiger partial charge in [-0.05, 0) is 31.0 Å². The third-order valence-corrected chi connectivity index (χ3v) is 3.77. The summed E-state index contributed by atoms with van der Waals surface area (Å²) in [6.45, 7) is 4.77. The van der Waals surface area contributed by atoms with Gasteiger partial charge in [0.15, 0.2) is 0 Å². The quantitative estimate of drug-likeness (QED) is 0.916. The average molecular weight is 272 g/mol. The van der Waals surface area contributed by atoms with Crippen LogP contribution in [0.25, 0.3) is 11.1 Å². The molecule has 1 aromatic heterocycles.